The summed E-state index contributed by atoms with van der Waals surface area (Å²) in [5.41, 5.74) is 3.82. The molecule has 140 valence electrons. The molecule has 26 heavy (non-hydrogen) atoms. The molecule has 2 aromatic carbocycles. The summed E-state index contributed by atoms with van der Waals surface area (Å²) in [5.74, 6) is -1.13. The van der Waals surface area contributed by atoms with Gasteiger partial charge in [-0.2, -0.15) is 21.6 Å². The Balaban J connectivity index is 0.000000263. The molecule has 5 nitrogen and oxygen atoms in total. The van der Waals surface area contributed by atoms with Crippen LogP contribution in [0.3, 0.4) is 0 Å². The van der Waals surface area contributed by atoms with E-state index in [0.29, 0.717) is 6.07 Å². The van der Waals surface area contributed by atoms with Crippen LogP contribution in [0.1, 0.15) is 21.5 Å². The molecule has 10 heteroatoms. The van der Waals surface area contributed by atoms with E-state index in [2.05, 4.69) is 0 Å². The first-order valence-electron chi connectivity index (χ1n) is 6.77. The van der Waals surface area contributed by atoms with Crippen molar-refractivity contribution in [1.82, 2.24) is 0 Å². The van der Waals surface area contributed by atoms with Crippen LogP contribution >= 0.6 is 11.6 Å². The third-order valence-corrected chi connectivity index (χ3v) is 3.50. The topological polar surface area (TPSA) is 97.5 Å². The fourth-order valence-corrected chi connectivity index (χ4v) is 2.20. The van der Waals surface area contributed by atoms with E-state index in [9.17, 15) is 26.4 Å². The Labute approximate surface area is 152 Å². The highest BCUT2D eigenvalue weighted by molar-refractivity contribution is 7.88. The molecule has 0 atom stereocenters. The van der Waals surface area contributed by atoms with E-state index >= 15 is 0 Å². The predicted octanol–water partition coefficient (Wildman–Crippen LogP) is 4.00. The fraction of sp³-hybridized carbons (Fsp3) is 0.0625. The third kappa shape index (κ3) is 7.68. The van der Waals surface area contributed by atoms with Gasteiger partial charge in [0.1, 0.15) is 0 Å². The number of primary amides is 1. The van der Waals surface area contributed by atoms with Crippen molar-refractivity contribution in [3.05, 3.63) is 75.7 Å². The maximum Gasteiger partial charge on any atom is 0.417 e. The minimum Gasteiger partial charge on any atom is -0.366 e. The molecule has 0 aliphatic carbocycles. The van der Waals surface area contributed by atoms with Crippen LogP contribution in [0.15, 0.2) is 53.9 Å². The van der Waals surface area contributed by atoms with Gasteiger partial charge in [-0.15, -0.1) is 0 Å². The maximum absolute atomic E-state index is 12.3. The average Bonchev–Trinajstić information content (AvgIpc) is 2.53. The first-order valence-corrected chi connectivity index (χ1v) is 8.65. The number of halogens is 4. The SMILES string of the molecule is NC(=O)c1ccc(Cl)cc1C(F)(F)F.O=S(=O)(O)C=Cc1ccccc1. The van der Waals surface area contributed by atoms with Gasteiger partial charge in [0.15, 0.2) is 0 Å². The van der Waals surface area contributed by atoms with Gasteiger partial charge in [-0.25, -0.2) is 0 Å². The molecule has 1 amide bonds. The molecule has 3 N–H and O–H groups in total. The summed E-state index contributed by atoms with van der Waals surface area (Å²) >= 11 is 5.38. The molecule has 0 saturated carbocycles. The summed E-state index contributed by atoms with van der Waals surface area (Å²) in [6.07, 6.45) is -3.30. The summed E-state index contributed by atoms with van der Waals surface area (Å²) < 4.78 is 65.9. The highest BCUT2D eigenvalue weighted by Crippen LogP contribution is 2.33. The average molecular weight is 408 g/mol. The van der Waals surface area contributed by atoms with Crippen LogP contribution in [0.5, 0.6) is 0 Å². The summed E-state index contributed by atoms with van der Waals surface area (Å²) in [6.45, 7) is 0. The van der Waals surface area contributed by atoms with Crippen molar-refractivity contribution in [2.75, 3.05) is 0 Å². The van der Waals surface area contributed by atoms with Crippen molar-refractivity contribution >= 4 is 33.7 Å². The minimum absolute atomic E-state index is 0.0951. The number of nitrogens with two attached hydrogens (primary N) is 1. The molecule has 0 saturated heterocycles. The van der Waals surface area contributed by atoms with Gasteiger partial charge in [-0.3, -0.25) is 9.35 Å². The van der Waals surface area contributed by atoms with E-state index < -0.39 is 33.3 Å². The summed E-state index contributed by atoms with van der Waals surface area (Å²) in [4.78, 5) is 10.7. The molecule has 0 aromatic heterocycles. The Hall–Kier alpha value is -2.36. The fourth-order valence-electron chi connectivity index (χ4n) is 1.69. The van der Waals surface area contributed by atoms with E-state index in [0.717, 1.165) is 17.0 Å². The number of hydrogen-bond acceptors (Lipinski definition) is 3. The number of alkyl halides is 3. The molecule has 2 rings (SSSR count). The first-order chi connectivity index (χ1) is 11.9. The lowest BCUT2D eigenvalue weighted by Crippen LogP contribution is -2.18. The predicted molar refractivity (Wildman–Crippen MR) is 92.0 cm³/mol. The van der Waals surface area contributed by atoms with Gasteiger partial charge >= 0.3 is 6.18 Å². The molecule has 0 aliphatic rings. The largest absolute Gasteiger partial charge is 0.417 e. The maximum atomic E-state index is 12.3. The molecule has 0 bridgehead atoms. The van der Waals surface area contributed by atoms with Crippen LogP contribution in [-0.4, -0.2) is 18.9 Å². The first kappa shape index (κ1) is 21.7. The molecule has 0 aliphatic heterocycles. The number of carbonyl (C=O) groups is 1. The lowest BCUT2D eigenvalue weighted by atomic mass is 10.1. The number of hydrogen-bond donors (Lipinski definition) is 2. The lowest BCUT2D eigenvalue weighted by Gasteiger charge is -2.10. The molecular formula is C16H13ClF3NO4S. The second-order valence-corrected chi connectivity index (χ2v) is 6.52. The quantitative estimate of drug-likeness (QED) is 0.751. The molecule has 0 fully saturated rings. The Kier molecular flexibility index (Phi) is 7.37. The van der Waals surface area contributed by atoms with E-state index in [1.807, 2.05) is 6.07 Å². The van der Waals surface area contributed by atoms with Gasteiger partial charge < -0.3 is 5.73 Å². The van der Waals surface area contributed by atoms with Gasteiger partial charge in [0.25, 0.3) is 10.1 Å². The van der Waals surface area contributed by atoms with E-state index in [4.69, 9.17) is 21.9 Å². The Morgan fingerprint density at radius 2 is 1.69 bits per heavy atom. The lowest BCUT2D eigenvalue weighted by molar-refractivity contribution is -0.137. The molecular weight excluding hydrogens is 395 g/mol. The van der Waals surface area contributed by atoms with Crippen LogP contribution in [-0.2, 0) is 16.3 Å². The van der Waals surface area contributed by atoms with E-state index in [1.165, 1.54) is 12.1 Å². The number of rotatable bonds is 3. The zero-order valence-corrected chi connectivity index (χ0v) is 14.5. The van der Waals surface area contributed by atoms with Crippen molar-refractivity contribution in [2.45, 2.75) is 6.18 Å². The molecule has 0 unspecified atom stereocenters. The second kappa shape index (κ2) is 8.84. The van der Waals surface area contributed by atoms with Crippen molar-refractivity contribution in [3.8, 4) is 0 Å². The summed E-state index contributed by atoms with van der Waals surface area (Å²) in [6, 6.07) is 11.7. The molecule has 0 heterocycles. The minimum atomic E-state index is -4.63. The van der Waals surface area contributed by atoms with Gasteiger partial charge in [0.05, 0.1) is 16.5 Å². The van der Waals surface area contributed by atoms with Crippen LogP contribution < -0.4 is 5.73 Å². The zero-order valence-electron chi connectivity index (χ0n) is 12.9. The zero-order chi connectivity index (χ0) is 20.0. The summed E-state index contributed by atoms with van der Waals surface area (Å²) in [5, 5.41) is 0.657. The monoisotopic (exact) mass is 407 g/mol. The molecule has 0 spiro atoms. The Morgan fingerprint density at radius 3 is 2.15 bits per heavy atom. The van der Waals surface area contributed by atoms with E-state index in [1.54, 1.807) is 24.3 Å². The van der Waals surface area contributed by atoms with Crippen LogP contribution in [0.4, 0.5) is 13.2 Å². The van der Waals surface area contributed by atoms with E-state index in [-0.39, 0.29) is 5.02 Å². The highest BCUT2D eigenvalue weighted by atomic mass is 35.5. The van der Waals surface area contributed by atoms with Crippen LogP contribution in [0, 0.1) is 0 Å². The van der Waals surface area contributed by atoms with Crippen LogP contribution in [0.2, 0.25) is 5.02 Å². The number of amides is 1. The molecule has 0 radical (unpaired) electrons. The Bertz CT molecular complexity index is 897. The smallest absolute Gasteiger partial charge is 0.366 e. The van der Waals surface area contributed by atoms with Gasteiger partial charge in [0, 0.05) is 5.02 Å². The van der Waals surface area contributed by atoms with Gasteiger partial charge in [0.2, 0.25) is 5.91 Å². The van der Waals surface area contributed by atoms with Crippen molar-refractivity contribution in [2.24, 2.45) is 5.73 Å². The van der Waals surface area contributed by atoms with Crippen LogP contribution in [0.25, 0.3) is 6.08 Å². The third-order valence-electron chi connectivity index (χ3n) is 2.78. The normalized spacial score (nSPS) is 11.7. The Morgan fingerprint density at radius 1 is 1.12 bits per heavy atom. The summed E-state index contributed by atoms with van der Waals surface area (Å²) in [7, 11) is -4.00. The number of carbonyl (C=O) groups excluding carboxylic acids is 1. The number of benzene rings is 2. The standard InChI is InChI=1S/C8H5ClF3NO.C8H8O3S/c9-4-1-2-5(7(13)14)6(3-4)8(10,11)12;9-12(10,11)7-6-8-4-2-1-3-5-8/h1-3H,(H2,13,14);1-7H,(H,9,10,11). The van der Waals surface area contributed by atoms with Gasteiger partial charge in [-0.05, 0) is 29.8 Å². The van der Waals surface area contributed by atoms with Crippen molar-refractivity contribution in [3.63, 3.8) is 0 Å². The van der Waals surface area contributed by atoms with Crippen molar-refractivity contribution in [1.29, 1.82) is 0 Å². The highest BCUT2D eigenvalue weighted by Gasteiger charge is 2.34. The van der Waals surface area contributed by atoms with Crippen molar-refractivity contribution < 1.29 is 30.9 Å². The second-order valence-electron chi connectivity index (χ2n) is 4.78. The molecule has 2 aromatic rings. The van der Waals surface area contributed by atoms with Gasteiger partial charge in [-0.1, -0.05) is 41.9 Å².